The van der Waals surface area contributed by atoms with E-state index in [0.717, 1.165) is 4.47 Å². The smallest absolute Gasteiger partial charge is 0.259 e. The molecule has 0 aromatic heterocycles. The highest BCUT2D eigenvalue weighted by molar-refractivity contribution is 9.11. The van der Waals surface area contributed by atoms with Crippen LogP contribution in [0.15, 0.2) is 39.3 Å². The number of hydrogen-bond donors (Lipinski definition) is 2. The Labute approximate surface area is 143 Å². The predicted molar refractivity (Wildman–Crippen MR) is 92.2 cm³/mol. The number of halogens is 3. The third-order valence-electron chi connectivity index (χ3n) is 2.76. The molecule has 0 atom stereocenters. The van der Waals surface area contributed by atoms with E-state index in [2.05, 4.69) is 37.2 Å². The number of hydrogen-bond acceptors (Lipinski definition) is 3. The van der Waals surface area contributed by atoms with Gasteiger partial charge in [-0.3, -0.25) is 4.79 Å². The van der Waals surface area contributed by atoms with Crippen molar-refractivity contribution in [1.82, 2.24) is 0 Å². The Bertz CT molecular complexity index is 687. The molecule has 0 radical (unpaired) electrons. The third kappa shape index (κ3) is 3.51. The number of nitrogens with one attached hydrogen (secondary N) is 1. The summed E-state index contributed by atoms with van der Waals surface area (Å²) in [5.74, 6) is 0.212. The first kappa shape index (κ1) is 16.1. The van der Waals surface area contributed by atoms with E-state index in [9.17, 15) is 4.79 Å². The lowest BCUT2D eigenvalue weighted by molar-refractivity contribution is 0.102. The van der Waals surface area contributed by atoms with E-state index in [1.54, 1.807) is 37.4 Å². The molecule has 0 aliphatic carbocycles. The number of benzene rings is 2. The van der Waals surface area contributed by atoms with Crippen molar-refractivity contribution in [1.29, 1.82) is 0 Å². The van der Waals surface area contributed by atoms with Crippen LogP contribution in [0, 0.1) is 0 Å². The molecule has 0 unspecified atom stereocenters. The highest BCUT2D eigenvalue weighted by atomic mass is 79.9. The quantitative estimate of drug-likeness (QED) is 0.688. The largest absolute Gasteiger partial charge is 0.495 e. The van der Waals surface area contributed by atoms with Crippen LogP contribution in [0.25, 0.3) is 0 Å². The number of ether oxygens (including phenoxy) is 1. The first-order valence-corrected chi connectivity index (χ1v) is 7.78. The fourth-order valence-corrected chi connectivity index (χ4v) is 3.27. The second-order valence-corrected chi connectivity index (χ2v) is 6.24. The van der Waals surface area contributed by atoms with Gasteiger partial charge in [0.25, 0.3) is 5.91 Å². The molecule has 2 aromatic rings. The minimum absolute atomic E-state index is 0.243. The Morgan fingerprint density at radius 3 is 2.62 bits per heavy atom. The summed E-state index contributed by atoms with van der Waals surface area (Å²) in [6, 6.07) is 8.40. The lowest BCUT2D eigenvalue weighted by atomic mass is 10.1. The zero-order valence-electron chi connectivity index (χ0n) is 10.9. The molecule has 2 rings (SSSR count). The van der Waals surface area contributed by atoms with Gasteiger partial charge < -0.3 is 15.8 Å². The van der Waals surface area contributed by atoms with Crippen molar-refractivity contribution in [3.05, 3.63) is 49.9 Å². The van der Waals surface area contributed by atoms with Crippen LogP contribution in [0.4, 0.5) is 11.4 Å². The summed E-state index contributed by atoms with van der Waals surface area (Å²) in [6.07, 6.45) is 0. The van der Waals surface area contributed by atoms with Gasteiger partial charge in [-0.2, -0.15) is 0 Å². The maximum atomic E-state index is 12.3. The molecular formula is C14H11Br2ClN2O2. The van der Waals surface area contributed by atoms with Crippen molar-refractivity contribution in [2.24, 2.45) is 0 Å². The number of methoxy groups -OCH3 is 1. The lowest BCUT2D eigenvalue weighted by Gasteiger charge is -2.12. The maximum Gasteiger partial charge on any atom is 0.259 e. The van der Waals surface area contributed by atoms with E-state index in [1.807, 2.05) is 0 Å². The molecule has 3 N–H and O–H groups in total. The van der Waals surface area contributed by atoms with Gasteiger partial charge in [-0.15, -0.1) is 0 Å². The zero-order valence-corrected chi connectivity index (χ0v) is 14.8. The number of nitrogen functional groups attached to an aromatic ring is 1. The Morgan fingerprint density at radius 1 is 1.29 bits per heavy atom. The van der Waals surface area contributed by atoms with Gasteiger partial charge in [0.05, 0.1) is 27.9 Å². The molecule has 0 bridgehead atoms. The summed E-state index contributed by atoms with van der Waals surface area (Å²) in [6.45, 7) is 0. The second kappa shape index (κ2) is 6.68. The zero-order chi connectivity index (χ0) is 15.6. The van der Waals surface area contributed by atoms with Crippen LogP contribution in [-0.2, 0) is 0 Å². The van der Waals surface area contributed by atoms with E-state index in [-0.39, 0.29) is 11.5 Å². The number of anilines is 2. The molecule has 4 nitrogen and oxygen atoms in total. The van der Waals surface area contributed by atoms with Crippen LogP contribution in [0.1, 0.15) is 10.4 Å². The molecule has 21 heavy (non-hydrogen) atoms. The molecule has 0 saturated heterocycles. The summed E-state index contributed by atoms with van der Waals surface area (Å²) in [4.78, 5) is 12.3. The van der Waals surface area contributed by atoms with Gasteiger partial charge in [0, 0.05) is 16.2 Å². The van der Waals surface area contributed by atoms with Gasteiger partial charge >= 0.3 is 0 Å². The second-order valence-electron chi connectivity index (χ2n) is 4.12. The molecule has 0 saturated carbocycles. The van der Waals surface area contributed by atoms with Crippen molar-refractivity contribution in [2.45, 2.75) is 0 Å². The molecular weight excluding hydrogens is 423 g/mol. The summed E-state index contributed by atoms with van der Waals surface area (Å²) in [7, 11) is 1.55. The highest BCUT2D eigenvalue weighted by Crippen LogP contribution is 2.35. The molecule has 0 heterocycles. The van der Waals surface area contributed by atoms with Gasteiger partial charge in [0.2, 0.25) is 0 Å². The van der Waals surface area contributed by atoms with E-state index in [1.165, 1.54) is 0 Å². The number of rotatable bonds is 3. The van der Waals surface area contributed by atoms with Crippen LogP contribution >= 0.6 is 43.5 Å². The fraction of sp³-hybridized carbons (Fsp3) is 0.0714. The minimum atomic E-state index is -0.386. The molecule has 7 heteroatoms. The average molecular weight is 435 g/mol. The SMILES string of the molecule is COc1cc(NC(=O)c2c(N)cccc2Cl)c(Br)cc1Br. The number of carbonyl (C=O) groups is 1. The summed E-state index contributed by atoms with van der Waals surface area (Å²) >= 11 is 12.8. The molecule has 0 aliphatic heterocycles. The van der Waals surface area contributed by atoms with Crippen LogP contribution in [0.3, 0.4) is 0 Å². The van der Waals surface area contributed by atoms with Crippen molar-refractivity contribution < 1.29 is 9.53 Å². The van der Waals surface area contributed by atoms with Crippen molar-refractivity contribution in [3.8, 4) is 5.75 Å². The Kier molecular flexibility index (Phi) is 5.13. The van der Waals surface area contributed by atoms with E-state index < -0.39 is 0 Å². The van der Waals surface area contributed by atoms with Crippen LogP contribution in [0.2, 0.25) is 5.02 Å². The Balaban J connectivity index is 2.36. The summed E-state index contributed by atoms with van der Waals surface area (Å²) in [5, 5.41) is 3.06. The lowest BCUT2D eigenvalue weighted by Crippen LogP contribution is -2.15. The predicted octanol–water partition coefficient (Wildman–Crippen LogP) is 4.71. The number of nitrogens with two attached hydrogens (primary N) is 1. The number of carbonyl (C=O) groups excluding carboxylic acids is 1. The van der Waals surface area contributed by atoms with Gasteiger partial charge in [-0.05, 0) is 50.1 Å². The molecule has 110 valence electrons. The van der Waals surface area contributed by atoms with Crippen molar-refractivity contribution in [3.63, 3.8) is 0 Å². The van der Waals surface area contributed by atoms with Gasteiger partial charge in [0.15, 0.2) is 0 Å². The first-order chi connectivity index (χ1) is 9.93. The van der Waals surface area contributed by atoms with Gasteiger partial charge in [0.1, 0.15) is 5.75 Å². The Morgan fingerprint density at radius 2 is 2.00 bits per heavy atom. The number of amides is 1. The van der Waals surface area contributed by atoms with E-state index in [0.29, 0.717) is 26.6 Å². The highest BCUT2D eigenvalue weighted by Gasteiger charge is 2.16. The van der Waals surface area contributed by atoms with Crippen LogP contribution in [-0.4, -0.2) is 13.0 Å². The van der Waals surface area contributed by atoms with E-state index >= 15 is 0 Å². The monoisotopic (exact) mass is 432 g/mol. The standard InChI is InChI=1S/C14H11Br2ClN2O2/c1-21-12-6-11(7(15)5-8(12)16)19-14(20)13-9(17)3-2-4-10(13)18/h2-6H,18H2,1H3,(H,19,20). The first-order valence-electron chi connectivity index (χ1n) is 5.82. The van der Waals surface area contributed by atoms with Crippen molar-refractivity contribution in [2.75, 3.05) is 18.2 Å². The third-order valence-corrected chi connectivity index (χ3v) is 4.35. The van der Waals surface area contributed by atoms with Gasteiger partial charge in [-0.25, -0.2) is 0 Å². The van der Waals surface area contributed by atoms with Gasteiger partial charge in [-0.1, -0.05) is 17.7 Å². The summed E-state index contributed by atoms with van der Waals surface area (Å²) in [5.41, 5.74) is 6.92. The van der Waals surface area contributed by atoms with Crippen LogP contribution < -0.4 is 15.8 Å². The minimum Gasteiger partial charge on any atom is -0.495 e. The summed E-state index contributed by atoms with van der Waals surface area (Å²) < 4.78 is 6.68. The normalized spacial score (nSPS) is 10.3. The molecule has 2 aromatic carbocycles. The molecule has 0 spiro atoms. The Hall–Kier alpha value is -1.24. The topological polar surface area (TPSA) is 64.3 Å². The fourth-order valence-electron chi connectivity index (χ4n) is 1.75. The van der Waals surface area contributed by atoms with E-state index in [4.69, 9.17) is 22.1 Å². The van der Waals surface area contributed by atoms with Crippen molar-refractivity contribution >= 4 is 60.7 Å². The maximum absolute atomic E-state index is 12.3. The average Bonchev–Trinajstić information content (AvgIpc) is 2.41. The van der Waals surface area contributed by atoms with Crippen LogP contribution in [0.5, 0.6) is 5.75 Å². The molecule has 0 fully saturated rings. The molecule has 1 amide bonds. The molecule has 0 aliphatic rings.